The Kier molecular flexibility index (Phi) is 5.60. The van der Waals surface area contributed by atoms with Crippen LogP contribution in [-0.4, -0.2) is 29.4 Å². The van der Waals surface area contributed by atoms with Crippen molar-refractivity contribution in [2.45, 2.75) is 6.92 Å². The van der Waals surface area contributed by atoms with Gasteiger partial charge in [0.05, 0.1) is 7.11 Å². The van der Waals surface area contributed by atoms with Gasteiger partial charge in [-0.25, -0.2) is 0 Å². The van der Waals surface area contributed by atoms with Crippen LogP contribution in [0.4, 0.5) is 0 Å². The Balaban J connectivity index is 2.30. The number of likely N-dealkylation sites (N-methyl/N-ethyl adjacent to an activating group) is 1. The van der Waals surface area contributed by atoms with E-state index in [0.717, 1.165) is 5.56 Å². The molecular weight excluding hydrogens is 372 g/mol. The number of pyridine rings is 1. The van der Waals surface area contributed by atoms with Gasteiger partial charge in [0, 0.05) is 13.2 Å². The number of rotatable bonds is 5. The van der Waals surface area contributed by atoms with Crippen LogP contribution < -0.4 is 20.3 Å². The van der Waals surface area contributed by atoms with Gasteiger partial charge in [-0.2, -0.15) is 10.2 Å². The molecule has 0 fully saturated rings. The van der Waals surface area contributed by atoms with Crippen molar-refractivity contribution in [1.29, 1.82) is 5.26 Å². The van der Waals surface area contributed by atoms with E-state index in [1.165, 1.54) is 24.6 Å². The molecule has 0 saturated heterocycles. The Morgan fingerprint density at radius 2 is 1.97 bits per heavy atom. The first kappa shape index (κ1) is 19.6. The van der Waals surface area contributed by atoms with Crippen molar-refractivity contribution in [2.24, 2.45) is 0 Å². The molecule has 0 aliphatic heterocycles. The summed E-state index contributed by atoms with van der Waals surface area (Å²) in [6.07, 6.45) is 2.74. The first-order valence-electron chi connectivity index (χ1n) is 8.67. The summed E-state index contributed by atoms with van der Waals surface area (Å²) in [6.45, 7) is 1.81. The number of methoxy groups -OCH3 is 1. The second-order valence-electron chi connectivity index (χ2n) is 6.02. The van der Waals surface area contributed by atoms with Crippen molar-refractivity contribution in [3.63, 3.8) is 0 Å². The number of hydrogen-bond donors (Lipinski definition) is 1. The number of hydrogen-bond acceptors (Lipinski definition) is 6. The highest BCUT2D eigenvalue weighted by molar-refractivity contribution is 6.01. The summed E-state index contributed by atoms with van der Waals surface area (Å²) in [5.41, 5.74) is 0.415. The molecule has 0 spiro atoms. The van der Waals surface area contributed by atoms with E-state index in [0.29, 0.717) is 17.1 Å². The number of nitrogens with one attached hydrogen (secondary N) is 1. The van der Waals surface area contributed by atoms with Crippen LogP contribution in [0.1, 0.15) is 11.1 Å². The highest BCUT2D eigenvalue weighted by Crippen LogP contribution is 2.32. The van der Waals surface area contributed by atoms with E-state index < -0.39 is 11.5 Å². The van der Waals surface area contributed by atoms with Crippen LogP contribution in [0.15, 0.2) is 53.0 Å². The largest absolute Gasteiger partial charge is 0.493 e. The molecule has 29 heavy (non-hydrogen) atoms. The number of carbonyl (C=O) groups is 1. The van der Waals surface area contributed by atoms with Crippen LogP contribution in [-0.2, 0) is 4.79 Å². The Morgan fingerprint density at radius 3 is 2.62 bits per heavy atom. The molecule has 0 radical (unpaired) electrons. The molecular formula is C21H18N4O4. The predicted octanol–water partition coefficient (Wildman–Crippen LogP) is 2.46. The van der Waals surface area contributed by atoms with Crippen molar-refractivity contribution < 1.29 is 14.3 Å². The SMILES string of the molecule is CNC(=O)/C(C#N)=C\c1c(Oc2ccccc2OC)nc2c(C)cccn2c1=O. The molecule has 0 unspecified atom stereocenters. The zero-order valence-electron chi connectivity index (χ0n) is 16.1. The van der Waals surface area contributed by atoms with Gasteiger partial charge in [-0.05, 0) is 36.8 Å². The molecule has 1 amide bonds. The monoisotopic (exact) mass is 390 g/mol. The number of nitrogens with zero attached hydrogens (tertiary/aromatic N) is 3. The molecule has 1 aromatic carbocycles. The normalized spacial score (nSPS) is 11.0. The van der Waals surface area contributed by atoms with Gasteiger partial charge in [-0.1, -0.05) is 18.2 Å². The first-order valence-corrected chi connectivity index (χ1v) is 8.67. The van der Waals surface area contributed by atoms with E-state index in [1.54, 1.807) is 42.6 Å². The molecule has 1 N–H and O–H groups in total. The predicted molar refractivity (Wildman–Crippen MR) is 107 cm³/mol. The number of para-hydroxylation sites is 2. The number of nitriles is 1. The van der Waals surface area contributed by atoms with Crippen LogP contribution in [0, 0.1) is 18.3 Å². The summed E-state index contributed by atoms with van der Waals surface area (Å²) >= 11 is 0. The fourth-order valence-electron chi connectivity index (χ4n) is 2.73. The molecule has 8 nitrogen and oxygen atoms in total. The van der Waals surface area contributed by atoms with E-state index in [2.05, 4.69) is 10.3 Å². The van der Waals surface area contributed by atoms with E-state index in [1.807, 2.05) is 13.0 Å². The molecule has 0 aliphatic carbocycles. The van der Waals surface area contributed by atoms with E-state index in [4.69, 9.17) is 9.47 Å². The summed E-state index contributed by atoms with van der Waals surface area (Å²) in [6, 6.07) is 12.2. The Hall–Kier alpha value is -4.12. The molecule has 2 aromatic heterocycles. The van der Waals surface area contributed by atoms with Gasteiger partial charge in [0.15, 0.2) is 11.5 Å². The second-order valence-corrected chi connectivity index (χ2v) is 6.02. The van der Waals surface area contributed by atoms with Crippen LogP contribution in [0.2, 0.25) is 0 Å². The number of benzene rings is 1. The van der Waals surface area contributed by atoms with Crippen LogP contribution in [0.3, 0.4) is 0 Å². The topological polar surface area (TPSA) is 106 Å². The maximum Gasteiger partial charge on any atom is 0.269 e. The lowest BCUT2D eigenvalue weighted by Crippen LogP contribution is -2.22. The van der Waals surface area contributed by atoms with Gasteiger partial charge in [0.1, 0.15) is 22.9 Å². The molecule has 8 heteroatoms. The maximum atomic E-state index is 13.1. The molecule has 3 aromatic rings. The zero-order valence-corrected chi connectivity index (χ0v) is 16.1. The fourth-order valence-corrected chi connectivity index (χ4v) is 2.73. The van der Waals surface area contributed by atoms with Gasteiger partial charge in [-0.3, -0.25) is 14.0 Å². The molecule has 0 saturated carbocycles. The lowest BCUT2D eigenvalue weighted by atomic mass is 10.1. The van der Waals surface area contributed by atoms with E-state index in [-0.39, 0.29) is 17.0 Å². The number of fused-ring (bicyclic) bond motifs is 1. The standard InChI is InChI=1S/C21H18N4O4/c1-13-7-6-10-25-18(13)24-20(29-17-9-5-4-8-16(17)28-3)15(21(25)27)11-14(12-22)19(26)23-2/h4-11H,1-3H3,(H,23,26)/b14-11-. The minimum absolute atomic E-state index is 0.0286. The minimum Gasteiger partial charge on any atom is -0.493 e. The zero-order chi connectivity index (χ0) is 21.0. The highest BCUT2D eigenvalue weighted by atomic mass is 16.5. The van der Waals surface area contributed by atoms with Gasteiger partial charge < -0.3 is 14.8 Å². The Labute approximate surface area is 166 Å². The van der Waals surface area contributed by atoms with Crippen molar-refractivity contribution in [3.8, 4) is 23.4 Å². The molecule has 0 aliphatic rings. The van der Waals surface area contributed by atoms with Gasteiger partial charge in [0.2, 0.25) is 5.88 Å². The highest BCUT2D eigenvalue weighted by Gasteiger charge is 2.18. The molecule has 0 bridgehead atoms. The van der Waals surface area contributed by atoms with E-state index in [9.17, 15) is 14.9 Å². The van der Waals surface area contributed by atoms with E-state index >= 15 is 0 Å². The van der Waals surface area contributed by atoms with Crippen LogP contribution >= 0.6 is 0 Å². The van der Waals surface area contributed by atoms with Gasteiger partial charge >= 0.3 is 0 Å². The van der Waals surface area contributed by atoms with Crippen molar-refractivity contribution in [2.75, 3.05) is 14.2 Å². The third-order valence-electron chi connectivity index (χ3n) is 4.21. The quantitative estimate of drug-likeness (QED) is 0.530. The smallest absolute Gasteiger partial charge is 0.269 e. The minimum atomic E-state index is -0.621. The number of amides is 1. The summed E-state index contributed by atoms with van der Waals surface area (Å²) in [4.78, 5) is 29.6. The van der Waals surface area contributed by atoms with Crippen LogP contribution in [0.5, 0.6) is 17.4 Å². The number of aryl methyl sites for hydroxylation is 1. The van der Waals surface area contributed by atoms with Gasteiger partial charge in [0.25, 0.3) is 11.5 Å². The second kappa shape index (κ2) is 8.27. The molecule has 2 heterocycles. The van der Waals surface area contributed by atoms with Gasteiger partial charge in [-0.15, -0.1) is 0 Å². The summed E-state index contributed by atoms with van der Waals surface area (Å²) in [5, 5.41) is 11.7. The summed E-state index contributed by atoms with van der Waals surface area (Å²) < 4.78 is 12.5. The lowest BCUT2D eigenvalue weighted by molar-refractivity contribution is -0.116. The first-order chi connectivity index (χ1) is 14.0. The Bertz CT molecular complexity index is 1220. The Morgan fingerprint density at radius 1 is 1.24 bits per heavy atom. The maximum absolute atomic E-state index is 13.1. The van der Waals surface area contributed by atoms with Crippen molar-refractivity contribution in [3.05, 3.63) is 69.6 Å². The van der Waals surface area contributed by atoms with Crippen LogP contribution in [0.25, 0.3) is 11.7 Å². The summed E-state index contributed by atoms with van der Waals surface area (Å²) in [5.74, 6) is 0.129. The average Bonchev–Trinajstić information content (AvgIpc) is 2.74. The third kappa shape index (κ3) is 3.80. The third-order valence-corrected chi connectivity index (χ3v) is 4.21. The lowest BCUT2D eigenvalue weighted by Gasteiger charge is -2.13. The fraction of sp³-hybridized carbons (Fsp3) is 0.143. The number of carbonyl (C=O) groups excluding carboxylic acids is 1. The molecule has 146 valence electrons. The number of aromatic nitrogens is 2. The van der Waals surface area contributed by atoms with Crippen molar-refractivity contribution in [1.82, 2.24) is 14.7 Å². The number of ether oxygens (including phenoxy) is 2. The molecule has 3 rings (SSSR count). The summed E-state index contributed by atoms with van der Waals surface area (Å²) in [7, 11) is 2.89. The average molecular weight is 390 g/mol. The van der Waals surface area contributed by atoms with Crippen molar-refractivity contribution >= 4 is 17.6 Å². The molecule has 0 atom stereocenters.